The number of rotatable bonds is 6. The quantitative estimate of drug-likeness (QED) is 0.754. The second-order valence-corrected chi connectivity index (χ2v) is 6.45. The maximum Gasteiger partial charge on any atom is 0.319 e. The Morgan fingerprint density at radius 3 is 2.83 bits per heavy atom. The standard InChI is InChI=1S/C18H29N3O2/c1-3-17(22)7-10-19-18(23)20-15-5-4-6-16(13-15)21-11-8-14(2)9-12-21/h4-6,13-14,17,22H,3,7-12H2,1-2H3,(H2,19,20,23). The molecule has 0 aliphatic carbocycles. The molecule has 0 aromatic heterocycles. The highest BCUT2D eigenvalue weighted by molar-refractivity contribution is 5.89. The van der Waals surface area contributed by atoms with Crippen LogP contribution in [0.4, 0.5) is 16.2 Å². The van der Waals surface area contributed by atoms with E-state index in [1.165, 1.54) is 12.8 Å². The van der Waals surface area contributed by atoms with Gasteiger partial charge in [-0.25, -0.2) is 4.79 Å². The molecule has 5 heteroatoms. The van der Waals surface area contributed by atoms with Gasteiger partial charge < -0.3 is 20.6 Å². The van der Waals surface area contributed by atoms with Gasteiger partial charge in [0.15, 0.2) is 0 Å². The van der Waals surface area contributed by atoms with Crippen LogP contribution in [0.3, 0.4) is 0 Å². The summed E-state index contributed by atoms with van der Waals surface area (Å²) in [5.74, 6) is 0.803. The first-order valence-corrected chi connectivity index (χ1v) is 8.66. The highest BCUT2D eigenvalue weighted by Gasteiger charge is 2.16. The fraction of sp³-hybridized carbons (Fsp3) is 0.611. The molecular formula is C18H29N3O2. The third-order valence-corrected chi connectivity index (χ3v) is 4.49. The lowest BCUT2D eigenvalue weighted by atomic mass is 9.99. The zero-order chi connectivity index (χ0) is 16.7. The van der Waals surface area contributed by atoms with Crippen LogP contribution in [0.1, 0.15) is 39.5 Å². The number of piperidine rings is 1. The molecule has 0 bridgehead atoms. The summed E-state index contributed by atoms with van der Waals surface area (Å²) in [4.78, 5) is 14.3. The van der Waals surface area contributed by atoms with Crippen LogP contribution in [0.15, 0.2) is 24.3 Å². The molecule has 1 aromatic carbocycles. The van der Waals surface area contributed by atoms with E-state index in [4.69, 9.17) is 0 Å². The lowest BCUT2D eigenvalue weighted by Gasteiger charge is -2.32. The van der Waals surface area contributed by atoms with E-state index in [9.17, 15) is 9.90 Å². The van der Waals surface area contributed by atoms with Gasteiger partial charge in [0.1, 0.15) is 0 Å². The van der Waals surface area contributed by atoms with Gasteiger partial charge in [0.2, 0.25) is 0 Å². The topological polar surface area (TPSA) is 64.6 Å². The minimum Gasteiger partial charge on any atom is -0.393 e. The van der Waals surface area contributed by atoms with Crippen molar-refractivity contribution in [3.8, 4) is 0 Å². The maximum absolute atomic E-state index is 11.9. The van der Waals surface area contributed by atoms with E-state index >= 15 is 0 Å². The molecule has 5 nitrogen and oxygen atoms in total. The Labute approximate surface area is 139 Å². The molecule has 1 atom stereocenters. The highest BCUT2D eigenvalue weighted by atomic mass is 16.3. The molecule has 1 saturated heterocycles. The second-order valence-electron chi connectivity index (χ2n) is 6.45. The van der Waals surface area contributed by atoms with E-state index in [-0.39, 0.29) is 12.1 Å². The number of aliphatic hydroxyl groups is 1. The number of aliphatic hydroxyl groups excluding tert-OH is 1. The number of benzene rings is 1. The Balaban J connectivity index is 1.83. The molecule has 2 rings (SSSR count). The molecule has 1 aliphatic heterocycles. The van der Waals surface area contributed by atoms with Crippen molar-refractivity contribution in [3.63, 3.8) is 0 Å². The van der Waals surface area contributed by atoms with E-state index in [0.29, 0.717) is 19.4 Å². The average molecular weight is 319 g/mol. The maximum atomic E-state index is 11.9. The van der Waals surface area contributed by atoms with Crippen molar-refractivity contribution < 1.29 is 9.90 Å². The first kappa shape index (κ1) is 17.6. The molecule has 1 aromatic rings. The van der Waals surface area contributed by atoms with Gasteiger partial charge >= 0.3 is 6.03 Å². The number of anilines is 2. The van der Waals surface area contributed by atoms with Crippen LogP contribution < -0.4 is 15.5 Å². The van der Waals surface area contributed by atoms with Gasteiger partial charge in [0, 0.05) is 31.0 Å². The first-order chi connectivity index (χ1) is 11.1. The van der Waals surface area contributed by atoms with Gasteiger partial charge in [-0.2, -0.15) is 0 Å². The van der Waals surface area contributed by atoms with E-state index in [1.54, 1.807) is 0 Å². The van der Waals surface area contributed by atoms with E-state index in [0.717, 1.165) is 30.4 Å². The molecule has 2 amide bonds. The molecule has 23 heavy (non-hydrogen) atoms. The number of urea groups is 1. The Morgan fingerprint density at radius 2 is 2.13 bits per heavy atom. The molecule has 128 valence electrons. The van der Waals surface area contributed by atoms with Crippen molar-refractivity contribution in [1.29, 1.82) is 0 Å². The Hall–Kier alpha value is -1.75. The zero-order valence-corrected chi connectivity index (χ0v) is 14.2. The Morgan fingerprint density at radius 1 is 1.39 bits per heavy atom. The summed E-state index contributed by atoms with van der Waals surface area (Å²) in [6.07, 6.45) is 3.38. The van der Waals surface area contributed by atoms with Crippen LogP contribution >= 0.6 is 0 Å². The van der Waals surface area contributed by atoms with Crippen molar-refractivity contribution in [1.82, 2.24) is 5.32 Å². The summed E-state index contributed by atoms with van der Waals surface area (Å²) in [6.45, 7) is 6.86. The third kappa shape index (κ3) is 5.75. The number of carbonyl (C=O) groups excluding carboxylic acids is 1. The summed E-state index contributed by atoms with van der Waals surface area (Å²) in [5.41, 5.74) is 1.96. The normalized spacial score (nSPS) is 16.9. The third-order valence-electron chi connectivity index (χ3n) is 4.49. The van der Waals surface area contributed by atoms with Crippen LogP contribution in [0.5, 0.6) is 0 Å². The minimum atomic E-state index is -0.347. The molecular weight excluding hydrogens is 290 g/mol. The average Bonchev–Trinajstić information content (AvgIpc) is 2.55. The van der Waals surface area contributed by atoms with Gasteiger partial charge in [-0.3, -0.25) is 0 Å². The summed E-state index contributed by atoms with van der Waals surface area (Å²) in [5, 5.41) is 15.1. The SMILES string of the molecule is CCC(O)CCNC(=O)Nc1cccc(N2CCC(C)CC2)c1. The fourth-order valence-corrected chi connectivity index (χ4v) is 2.78. The van der Waals surface area contributed by atoms with E-state index < -0.39 is 0 Å². The zero-order valence-electron chi connectivity index (χ0n) is 14.2. The van der Waals surface area contributed by atoms with Gasteiger partial charge in [0.05, 0.1) is 6.10 Å². The number of amides is 2. The number of nitrogens with one attached hydrogen (secondary N) is 2. The summed E-state index contributed by atoms with van der Waals surface area (Å²) >= 11 is 0. The number of hydrogen-bond donors (Lipinski definition) is 3. The molecule has 0 radical (unpaired) electrons. The molecule has 1 fully saturated rings. The monoisotopic (exact) mass is 319 g/mol. The lowest BCUT2D eigenvalue weighted by Crippen LogP contribution is -2.33. The Bertz CT molecular complexity index is 499. The highest BCUT2D eigenvalue weighted by Crippen LogP contribution is 2.25. The van der Waals surface area contributed by atoms with Crippen LogP contribution in [0, 0.1) is 5.92 Å². The van der Waals surface area contributed by atoms with Crippen molar-refractivity contribution >= 4 is 17.4 Å². The molecule has 1 heterocycles. The number of hydrogen-bond acceptors (Lipinski definition) is 3. The Kier molecular flexibility index (Phi) is 6.71. The molecule has 0 saturated carbocycles. The smallest absolute Gasteiger partial charge is 0.319 e. The predicted molar refractivity (Wildman–Crippen MR) is 95.0 cm³/mol. The largest absolute Gasteiger partial charge is 0.393 e. The van der Waals surface area contributed by atoms with E-state index in [1.807, 2.05) is 25.1 Å². The van der Waals surface area contributed by atoms with Crippen molar-refractivity contribution in [2.45, 2.75) is 45.6 Å². The summed E-state index contributed by atoms with van der Waals surface area (Å²) < 4.78 is 0. The van der Waals surface area contributed by atoms with Crippen LogP contribution in [-0.4, -0.2) is 36.9 Å². The minimum absolute atomic E-state index is 0.224. The fourth-order valence-electron chi connectivity index (χ4n) is 2.78. The molecule has 1 aliphatic rings. The second kappa shape index (κ2) is 8.77. The van der Waals surface area contributed by atoms with Gasteiger partial charge in [0.25, 0.3) is 0 Å². The van der Waals surface area contributed by atoms with Crippen molar-refractivity contribution in [2.75, 3.05) is 29.9 Å². The van der Waals surface area contributed by atoms with Gasteiger partial charge in [-0.1, -0.05) is 19.9 Å². The van der Waals surface area contributed by atoms with Crippen molar-refractivity contribution in [2.24, 2.45) is 5.92 Å². The van der Waals surface area contributed by atoms with E-state index in [2.05, 4.69) is 28.5 Å². The summed E-state index contributed by atoms with van der Waals surface area (Å²) in [7, 11) is 0. The summed E-state index contributed by atoms with van der Waals surface area (Å²) in [6, 6.07) is 7.77. The van der Waals surface area contributed by atoms with Gasteiger partial charge in [-0.05, 0) is 49.8 Å². The lowest BCUT2D eigenvalue weighted by molar-refractivity contribution is 0.160. The molecule has 3 N–H and O–H groups in total. The molecule has 0 spiro atoms. The number of carbonyl (C=O) groups is 1. The predicted octanol–water partition coefficient (Wildman–Crippen LogP) is 3.21. The van der Waals surface area contributed by atoms with Crippen LogP contribution in [0.25, 0.3) is 0 Å². The van der Waals surface area contributed by atoms with Gasteiger partial charge in [-0.15, -0.1) is 0 Å². The number of nitrogens with zero attached hydrogens (tertiary/aromatic N) is 1. The van der Waals surface area contributed by atoms with Crippen molar-refractivity contribution in [3.05, 3.63) is 24.3 Å². The molecule has 1 unspecified atom stereocenters. The van der Waals surface area contributed by atoms with Crippen LogP contribution in [0.2, 0.25) is 0 Å². The van der Waals surface area contributed by atoms with Crippen LogP contribution in [-0.2, 0) is 0 Å². The first-order valence-electron chi connectivity index (χ1n) is 8.66.